The van der Waals surface area contributed by atoms with Gasteiger partial charge in [-0.05, 0) is 29.5 Å². The van der Waals surface area contributed by atoms with Gasteiger partial charge in [0.15, 0.2) is 0 Å². The molecule has 0 aromatic heterocycles. The van der Waals surface area contributed by atoms with Crippen LogP contribution in [0.15, 0.2) is 91.0 Å². The van der Waals surface area contributed by atoms with Crippen molar-refractivity contribution in [3.8, 4) is 0 Å². The van der Waals surface area contributed by atoms with Crippen LogP contribution in [0.25, 0.3) is 0 Å². The maximum Gasteiger partial charge on any atom is 0.311 e. The van der Waals surface area contributed by atoms with Crippen LogP contribution in [0.4, 0.5) is 0 Å². The zero-order valence-corrected chi connectivity index (χ0v) is 18.9. The van der Waals surface area contributed by atoms with Gasteiger partial charge in [-0.15, -0.1) is 0 Å². The molecule has 34 heavy (non-hydrogen) atoms. The number of hydrogen-bond acceptors (Lipinski definition) is 4. The van der Waals surface area contributed by atoms with Crippen molar-refractivity contribution in [2.75, 3.05) is 6.61 Å². The molecule has 2 atom stereocenters. The molecule has 6 heteroatoms. The summed E-state index contributed by atoms with van der Waals surface area (Å²) in [5, 5.41) is 29.3. The first kappa shape index (κ1) is 25.1. The molecule has 0 saturated carbocycles. The highest BCUT2D eigenvalue weighted by atomic mass is 16.5. The quantitative estimate of drug-likeness (QED) is 0.251. The van der Waals surface area contributed by atoms with E-state index in [2.05, 4.69) is 0 Å². The lowest BCUT2D eigenvalue weighted by Crippen LogP contribution is -2.39. The SMILES string of the molecule is O=C(O)CCCCC(O)C(COC(c1ccccc1)(c1ccccc1)c1ccccc1)C(=O)O. The molecule has 0 fully saturated rings. The Kier molecular flexibility index (Phi) is 8.96. The van der Waals surface area contributed by atoms with E-state index >= 15 is 0 Å². The molecule has 3 N–H and O–H groups in total. The lowest BCUT2D eigenvalue weighted by Gasteiger charge is -2.37. The smallest absolute Gasteiger partial charge is 0.311 e. The molecule has 3 rings (SSSR count). The summed E-state index contributed by atoms with van der Waals surface area (Å²) < 4.78 is 6.54. The summed E-state index contributed by atoms with van der Waals surface area (Å²) >= 11 is 0. The molecule has 178 valence electrons. The Morgan fingerprint density at radius 1 is 0.735 bits per heavy atom. The number of ether oxygens (including phenoxy) is 1. The average Bonchev–Trinajstić information content (AvgIpc) is 2.86. The fourth-order valence-corrected chi connectivity index (χ4v) is 4.16. The number of unbranched alkanes of at least 4 members (excludes halogenated alkanes) is 1. The highest BCUT2D eigenvalue weighted by Gasteiger charge is 2.39. The first-order chi connectivity index (χ1) is 16.4. The van der Waals surface area contributed by atoms with E-state index in [4.69, 9.17) is 9.84 Å². The van der Waals surface area contributed by atoms with Crippen molar-refractivity contribution in [1.29, 1.82) is 0 Å². The monoisotopic (exact) mass is 462 g/mol. The first-order valence-electron chi connectivity index (χ1n) is 11.4. The molecule has 0 aliphatic rings. The third-order valence-corrected chi connectivity index (χ3v) is 5.94. The highest BCUT2D eigenvalue weighted by Crippen LogP contribution is 2.41. The highest BCUT2D eigenvalue weighted by molar-refractivity contribution is 5.71. The molecule has 0 heterocycles. The number of aliphatic carboxylic acids is 2. The maximum atomic E-state index is 12.1. The van der Waals surface area contributed by atoms with Gasteiger partial charge in [-0.3, -0.25) is 9.59 Å². The van der Waals surface area contributed by atoms with E-state index in [1.807, 2.05) is 91.0 Å². The molecular weight excluding hydrogens is 432 g/mol. The van der Waals surface area contributed by atoms with Crippen molar-refractivity contribution in [2.24, 2.45) is 5.92 Å². The average molecular weight is 463 g/mol. The van der Waals surface area contributed by atoms with Crippen LogP contribution in [0.3, 0.4) is 0 Å². The number of hydrogen-bond donors (Lipinski definition) is 3. The summed E-state index contributed by atoms with van der Waals surface area (Å²) in [6.45, 7) is -0.228. The van der Waals surface area contributed by atoms with Crippen molar-refractivity contribution in [2.45, 2.75) is 37.4 Å². The van der Waals surface area contributed by atoms with E-state index in [-0.39, 0.29) is 19.4 Å². The normalized spacial score (nSPS) is 13.2. The number of carboxylic acids is 2. The first-order valence-corrected chi connectivity index (χ1v) is 11.4. The van der Waals surface area contributed by atoms with Gasteiger partial charge in [-0.2, -0.15) is 0 Å². The lowest BCUT2D eigenvalue weighted by atomic mass is 9.80. The second-order valence-corrected chi connectivity index (χ2v) is 8.24. The molecule has 0 bridgehead atoms. The Morgan fingerprint density at radius 2 is 1.18 bits per heavy atom. The maximum absolute atomic E-state index is 12.1. The number of aliphatic hydroxyl groups excluding tert-OH is 1. The van der Waals surface area contributed by atoms with E-state index in [1.165, 1.54) is 0 Å². The van der Waals surface area contributed by atoms with Crippen LogP contribution in [0.1, 0.15) is 42.4 Å². The molecular formula is C28H30O6. The Morgan fingerprint density at radius 3 is 1.56 bits per heavy atom. The fourth-order valence-electron chi connectivity index (χ4n) is 4.16. The minimum absolute atomic E-state index is 0.0138. The number of rotatable bonds is 13. The molecule has 0 spiro atoms. The summed E-state index contributed by atoms with van der Waals surface area (Å²) in [6.07, 6.45) is -0.200. The molecule has 0 saturated heterocycles. The van der Waals surface area contributed by atoms with E-state index in [0.29, 0.717) is 12.8 Å². The standard InChI is InChI=1S/C28H30O6/c29-25(18-10-11-19-26(30)31)24(27(32)33)20-34-28(21-12-4-1-5-13-21,22-14-6-2-7-15-22)23-16-8-3-9-17-23/h1-9,12-17,24-25,29H,10-11,18-20H2,(H,30,31)(H,32,33). The third-order valence-electron chi connectivity index (χ3n) is 5.94. The minimum atomic E-state index is -1.17. The van der Waals surface area contributed by atoms with Crippen LogP contribution in [-0.2, 0) is 19.9 Å². The summed E-state index contributed by atoms with van der Waals surface area (Å²) in [4.78, 5) is 22.8. The number of aliphatic hydroxyl groups is 1. The molecule has 0 aliphatic carbocycles. The summed E-state index contributed by atoms with van der Waals surface area (Å²) in [5.41, 5.74) is 1.44. The number of benzene rings is 3. The minimum Gasteiger partial charge on any atom is -0.481 e. The van der Waals surface area contributed by atoms with Crippen LogP contribution in [0.5, 0.6) is 0 Å². The van der Waals surface area contributed by atoms with Crippen molar-refractivity contribution >= 4 is 11.9 Å². The van der Waals surface area contributed by atoms with Gasteiger partial charge in [-0.1, -0.05) is 97.4 Å². The zero-order valence-electron chi connectivity index (χ0n) is 18.9. The Labute approximate surface area is 199 Å². The van der Waals surface area contributed by atoms with Crippen LogP contribution in [0, 0.1) is 5.92 Å². The van der Waals surface area contributed by atoms with Gasteiger partial charge < -0.3 is 20.1 Å². The second-order valence-electron chi connectivity index (χ2n) is 8.24. The van der Waals surface area contributed by atoms with Gasteiger partial charge in [0.1, 0.15) is 11.5 Å². The summed E-state index contributed by atoms with van der Waals surface area (Å²) in [6, 6.07) is 28.8. The molecule has 6 nitrogen and oxygen atoms in total. The molecule has 2 unspecified atom stereocenters. The lowest BCUT2D eigenvalue weighted by molar-refractivity contribution is -0.151. The summed E-state index contributed by atoms with van der Waals surface area (Å²) in [5.74, 6) is -3.24. The third kappa shape index (κ3) is 6.10. The molecule has 0 amide bonds. The predicted octanol–water partition coefficient (Wildman–Crippen LogP) is 4.70. The topological polar surface area (TPSA) is 104 Å². The Hall–Kier alpha value is -3.48. The van der Waals surface area contributed by atoms with E-state index in [1.54, 1.807) is 0 Å². The van der Waals surface area contributed by atoms with Crippen molar-refractivity contribution in [1.82, 2.24) is 0 Å². The molecule has 3 aromatic rings. The van der Waals surface area contributed by atoms with Crippen LogP contribution in [0.2, 0.25) is 0 Å². The Bertz CT molecular complexity index is 940. The Balaban J connectivity index is 1.95. The van der Waals surface area contributed by atoms with Crippen LogP contribution >= 0.6 is 0 Å². The predicted molar refractivity (Wildman–Crippen MR) is 128 cm³/mol. The van der Waals surface area contributed by atoms with E-state index in [0.717, 1.165) is 16.7 Å². The number of carbonyl (C=O) groups is 2. The van der Waals surface area contributed by atoms with Crippen LogP contribution in [-0.4, -0.2) is 40.0 Å². The van der Waals surface area contributed by atoms with Gasteiger partial charge >= 0.3 is 11.9 Å². The summed E-state index contributed by atoms with van der Waals surface area (Å²) in [7, 11) is 0. The van der Waals surface area contributed by atoms with Gasteiger partial charge in [0.05, 0.1) is 12.7 Å². The zero-order chi connectivity index (χ0) is 24.4. The van der Waals surface area contributed by atoms with Crippen LogP contribution < -0.4 is 0 Å². The fraction of sp³-hybridized carbons (Fsp3) is 0.286. The van der Waals surface area contributed by atoms with E-state index < -0.39 is 29.6 Å². The van der Waals surface area contributed by atoms with Gasteiger partial charge in [0.2, 0.25) is 0 Å². The second kappa shape index (κ2) is 12.1. The number of carboxylic acid groups (broad SMARTS) is 2. The molecule has 3 aromatic carbocycles. The largest absolute Gasteiger partial charge is 0.481 e. The van der Waals surface area contributed by atoms with Crippen molar-refractivity contribution in [3.63, 3.8) is 0 Å². The van der Waals surface area contributed by atoms with Gasteiger partial charge in [0.25, 0.3) is 0 Å². The van der Waals surface area contributed by atoms with Gasteiger partial charge in [-0.25, -0.2) is 0 Å². The van der Waals surface area contributed by atoms with Gasteiger partial charge in [0, 0.05) is 6.42 Å². The van der Waals surface area contributed by atoms with E-state index in [9.17, 15) is 19.8 Å². The molecule has 0 radical (unpaired) electrons. The van der Waals surface area contributed by atoms with Crippen molar-refractivity contribution in [3.05, 3.63) is 108 Å². The molecule has 0 aliphatic heterocycles. The van der Waals surface area contributed by atoms with Crippen molar-refractivity contribution < 1.29 is 29.6 Å².